The molecule has 0 aromatic heterocycles. The third-order valence-electron chi connectivity index (χ3n) is 0.655. The van der Waals surface area contributed by atoms with Crippen molar-refractivity contribution < 1.29 is 15.7 Å². The van der Waals surface area contributed by atoms with E-state index in [0.29, 0.717) is 0 Å². The highest BCUT2D eigenvalue weighted by Gasteiger charge is 1.80. The Morgan fingerprint density at radius 1 is 1.40 bits per heavy atom. The van der Waals surface area contributed by atoms with Gasteiger partial charge in [0, 0.05) is 19.4 Å². The van der Waals surface area contributed by atoms with Crippen molar-refractivity contribution in [3.63, 3.8) is 0 Å². The molecule has 0 aliphatic heterocycles. The number of methoxy groups -OCH3 is 1. The van der Waals surface area contributed by atoms with Crippen LogP contribution in [0.1, 0.15) is 6.92 Å². The van der Waals surface area contributed by atoms with Crippen LogP contribution in [0.15, 0.2) is 0 Å². The maximum atomic E-state index is 4.81. The molecule has 5 heteroatoms. The lowest BCUT2D eigenvalue weighted by Crippen LogP contribution is -2.10. The van der Waals surface area contributed by atoms with Crippen molar-refractivity contribution in [3.05, 3.63) is 0 Å². The molecular weight excluding hydrogens is 154 g/mol. The SMILES string of the molecule is CCSNCCOC.O.O. The Morgan fingerprint density at radius 2 is 2.00 bits per heavy atom. The van der Waals surface area contributed by atoms with Crippen LogP contribution in [0.25, 0.3) is 0 Å². The fraction of sp³-hybridized carbons (Fsp3) is 1.00. The van der Waals surface area contributed by atoms with E-state index in [1.807, 2.05) is 0 Å². The Bertz CT molecular complexity index is 41.9. The van der Waals surface area contributed by atoms with E-state index >= 15 is 0 Å². The van der Waals surface area contributed by atoms with Gasteiger partial charge in [-0.25, -0.2) is 0 Å². The second-order valence-electron chi connectivity index (χ2n) is 1.32. The first-order valence-corrected chi connectivity index (χ1v) is 3.74. The number of ether oxygens (including phenoxy) is 1. The maximum Gasteiger partial charge on any atom is 0.0596 e. The maximum absolute atomic E-state index is 4.81. The zero-order chi connectivity index (χ0) is 6.24. The number of nitrogens with one attached hydrogen (secondary N) is 1. The van der Waals surface area contributed by atoms with Crippen molar-refractivity contribution in [1.29, 1.82) is 0 Å². The van der Waals surface area contributed by atoms with Gasteiger partial charge in [-0.1, -0.05) is 18.9 Å². The van der Waals surface area contributed by atoms with Gasteiger partial charge < -0.3 is 15.7 Å². The molecule has 0 saturated carbocycles. The van der Waals surface area contributed by atoms with Crippen LogP contribution in [0.3, 0.4) is 0 Å². The minimum absolute atomic E-state index is 0. The molecule has 0 aliphatic rings. The average Bonchev–Trinajstić information content (AvgIpc) is 1.81. The number of rotatable bonds is 5. The molecule has 0 radical (unpaired) electrons. The van der Waals surface area contributed by atoms with Crippen molar-refractivity contribution in [2.24, 2.45) is 0 Å². The van der Waals surface area contributed by atoms with Crippen molar-refractivity contribution >= 4 is 11.9 Å². The summed E-state index contributed by atoms with van der Waals surface area (Å²) in [4.78, 5) is 0. The van der Waals surface area contributed by atoms with E-state index in [1.165, 1.54) is 0 Å². The largest absolute Gasteiger partial charge is 0.412 e. The summed E-state index contributed by atoms with van der Waals surface area (Å²) >= 11 is 1.72. The van der Waals surface area contributed by atoms with Crippen LogP contribution in [-0.2, 0) is 4.74 Å². The molecule has 0 aliphatic carbocycles. The van der Waals surface area contributed by atoms with E-state index in [2.05, 4.69) is 11.6 Å². The van der Waals surface area contributed by atoms with Crippen LogP contribution < -0.4 is 4.72 Å². The van der Waals surface area contributed by atoms with E-state index < -0.39 is 0 Å². The molecule has 4 nitrogen and oxygen atoms in total. The number of hydrogen-bond donors (Lipinski definition) is 1. The fourth-order valence-corrected chi connectivity index (χ4v) is 0.750. The Kier molecular flexibility index (Phi) is 26.8. The van der Waals surface area contributed by atoms with Crippen LogP contribution in [0.5, 0.6) is 0 Å². The van der Waals surface area contributed by atoms with Gasteiger partial charge in [0.25, 0.3) is 0 Å². The molecule has 0 aromatic rings. The lowest BCUT2D eigenvalue weighted by Gasteiger charge is -1.98. The molecule has 0 aromatic carbocycles. The first kappa shape index (κ1) is 16.6. The van der Waals surface area contributed by atoms with Crippen LogP contribution in [0.4, 0.5) is 0 Å². The highest BCUT2D eigenvalue weighted by atomic mass is 32.2. The summed E-state index contributed by atoms with van der Waals surface area (Å²) < 4.78 is 7.94. The van der Waals surface area contributed by atoms with Crippen molar-refractivity contribution in [2.75, 3.05) is 26.0 Å². The first-order valence-electron chi connectivity index (χ1n) is 2.75. The summed E-state index contributed by atoms with van der Waals surface area (Å²) in [5.41, 5.74) is 0. The summed E-state index contributed by atoms with van der Waals surface area (Å²) in [5.74, 6) is 1.11. The predicted octanol–water partition coefficient (Wildman–Crippen LogP) is -0.759. The molecule has 0 atom stereocenters. The third-order valence-corrected chi connectivity index (χ3v) is 1.35. The molecule has 0 amide bonds. The van der Waals surface area contributed by atoms with Gasteiger partial charge in [-0.05, 0) is 0 Å². The molecule has 0 spiro atoms. The quantitative estimate of drug-likeness (QED) is 0.436. The average molecular weight is 171 g/mol. The van der Waals surface area contributed by atoms with E-state index in [-0.39, 0.29) is 11.0 Å². The van der Waals surface area contributed by atoms with Gasteiger partial charge in [0.2, 0.25) is 0 Å². The van der Waals surface area contributed by atoms with Gasteiger partial charge in [0.15, 0.2) is 0 Å². The summed E-state index contributed by atoms with van der Waals surface area (Å²) in [7, 11) is 1.71. The van der Waals surface area contributed by atoms with Gasteiger partial charge >= 0.3 is 0 Å². The van der Waals surface area contributed by atoms with E-state index in [9.17, 15) is 0 Å². The molecule has 0 rings (SSSR count). The molecule has 0 unspecified atom stereocenters. The Hall–Kier alpha value is 0.190. The molecule has 0 fully saturated rings. The molecule has 0 bridgehead atoms. The zero-order valence-corrected chi connectivity index (χ0v) is 7.25. The van der Waals surface area contributed by atoms with E-state index in [1.54, 1.807) is 19.1 Å². The number of hydrogen-bond acceptors (Lipinski definition) is 3. The Balaban J connectivity index is -0.000000245. The lowest BCUT2D eigenvalue weighted by molar-refractivity contribution is 0.205. The predicted molar refractivity (Wildman–Crippen MR) is 45.2 cm³/mol. The van der Waals surface area contributed by atoms with Crippen LogP contribution in [0, 0.1) is 0 Å². The Labute approximate surface area is 66.1 Å². The highest BCUT2D eigenvalue weighted by Crippen LogP contribution is 1.87. The molecule has 66 valence electrons. The minimum Gasteiger partial charge on any atom is -0.412 e. The molecule has 0 heterocycles. The van der Waals surface area contributed by atoms with Crippen molar-refractivity contribution in [1.82, 2.24) is 4.72 Å². The normalized spacial score (nSPS) is 7.80. The zero-order valence-electron chi connectivity index (χ0n) is 6.44. The Morgan fingerprint density at radius 3 is 2.40 bits per heavy atom. The smallest absolute Gasteiger partial charge is 0.0596 e. The molecule has 10 heavy (non-hydrogen) atoms. The monoisotopic (exact) mass is 171 g/mol. The third kappa shape index (κ3) is 15.7. The van der Waals surface area contributed by atoms with Crippen LogP contribution in [-0.4, -0.2) is 37.0 Å². The second kappa shape index (κ2) is 16.1. The highest BCUT2D eigenvalue weighted by molar-refractivity contribution is 7.97. The molecule has 5 N–H and O–H groups in total. The summed E-state index contributed by atoms with van der Waals surface area (Å²) in [5, 5.41) is 0. The van der Waals surface area contributed by atoms with Gasteiger partial charge in [0.05, 0.1) is 6.61 Å². The van der Waals surface area contributed by atoms with Gasteiger partial charge in [-0.2, -0.15) is 0 Å². The standard InChI is InChI=1S/C5H13NOS.2H2O/c1-3-8-6-4-5-7-2;;/h6H,3-5H2,1-2H3;2*1H2. The van der Waals surface area contributed by atoms with Crippen molar-refractivity contribution in [3.8, 4) is 0 Å². The van der Waals surface area contributed by atoms with Gasteiger partial charge in [-0.15, -0.1) is 0 Å². The van der Waals surface area contributed by atoms with Crippen LogP contribution >= 0.6 is 11.9 Å². The second-order valence-corrected chi connectivity index (χ2v) is 2.47. The summed E-state index contributed by atoms with van der Waals surface area (Å²) in [6, 6.07) is 0. The molecular formula is C5H17NO3S. The topological polar surface area (TPSA) is 84.3 Å². The van der Waals surface area contributed by atoms with Gasteiger partial charge in [-0.3, -0.25) is 4.72 Å². The minimum atomic E-state index is 0. The molecule has 0 saturated heterocycles. The fourth-order valence-electron chi connectivity index (χ4n) is 0.318. The lowest BCUT2D eigenvalue weighted by atomic mass is 10.7. The summed E-state index contributed by atoms with van der Waals surface area (Å²) in [6.45, 7) is 3.85. The van der Waals surface area contributed by atoms with Gasteiger partial charge in [0.1, 0.15) is 0 Å². The van der Waals surface area contributed by atoms with Crippen molar-refractivity contribution in [2.45, 2.75) is 6.92 Å². The summed E-state index contributed by atoms with van der Waals surface area (Å²) in [6.07, 6.45) is 0. The van der Waals surface area contributed by atoms with E-state index in [0.717, 1.165) is 18.9 Å². The van der Waals surface area contributed by atoms with Crippen LogP contribution in [0.2, 0.25) is 0 Å². The first-order chi connectivity index (χ1) is 3.91. The van der Waals surface area contributed by atoms with E-state index in [4.69, 9.17) is 4.74 Å².